The van der Waals surface area contributed by atoms with Crippen molar-refractivity contribution < 1.29 is 4.79 Å². The second-order valence-corrected chi connectivity index (χ2v) is 9.26. The normalized spacial score (nSPS) is 14.9. The summed E-state index contributed by atoms with van der Waals surface area (Å²) < 4.78 is 1.83. The molecular weight excluding hydrogens is 402 g/mol. The van der Waals surface area contributed by atoms with E-state index in [4.69, 9.17) is 0 Å². The van der Waals surface area contributed by atoms with Crippen LogP contribution in [-0.4, -0.2) is 38.2 Å². The van der Waals surface area contributed by atoms with Gasteiger partial charge in [-0.25, -0.2) is 9.67 Å². The largest absolute Gasteiger partial charge is 0.349 e. The molecule has 1 saturated carbocycles. The Kier molecular flexibility index (Phi) is 6.01. The molecule has 8 heteroatoms. The topological polar surface area (TPSA) is 72.7 Å². The summed E-state index contributed by atoms with van der Waals surface area (Å²) in [6, 6.07) is 8.48. The molecule has 0 atom stereocenters. The Morgan fingerprint density at radius 3 is 2.79 bits per heavy atom. The second-order valence-electron chi connectivity index (χ2n) is 7.38. The Hall–Kier alpha value is -2.19. The molecular formula is C21H25N5OS2. The smallest absolute Gasteiger partial charge is 0.263 e. The molecule has 152 valence electrons. The lowest BCUT2D eigenvalue weighted by atomic mass is 9.95. The van der Waals surface area contributed by atoms with E-state index in [0.29, 0.717) is 4.88 Å². The molecule has 0 aliphatic heterocycles. The van der Waals surface area contributed by atoms with E-state index in [0.717, 1.165) is 40.6 Å². The summed E-state index contributed by atoms with van der Waals surface area (Å²) in [5.41, 5.74) is 3.36. The third kappa shape index (κ3) is 4.23. The molecule has 0 saturated heterocycles. The van der Waals surface area contributed by atoms with Crippen LogP contribution in [0.25, 0.3) is 16.4 Å². The second kappa shape index (κ2) is 8.67. The number of aryl methyl sites for hydroxylation is 1. The van der Waals surface area contributed by atoms with E-state index in [-0.39, 0.29) is 11.9 Å². The number of amides is 1. The monoisotopic (exact) mass is 427 g/mol. The Labute approximate surface area is 179 Å². The van der Waals surface area contributed by atoms with Gasteiger partial charge < -0.3 is 5.32 Å². The molecule has 1 aliphatic rings. The van der Waals surface area contributed by atoms with Gasteiger partial charge in [0.15, 0.2) is 0 Å². The maximum Gasteiger partial charge on any atom is 0.263 e. The number of thioether (sulfide) groups is 1. The Morgan fingerprint density at radius 2 is 2.03 bits per heavy atom. The summed E-state index contributed by atoms with van der Waals surface area (Å²) in [6.07, 6.45) is 7.84. The predicted molar refractivity (Wildman–Crippen MR) is 118 cm³/mol. The SMILES string of the molecule is CSc1cccc(-n2nnc(-c3nc(C)c(C(=O)NC4CCCCC4)s3)c2C)c1. The first-order chi connectivity index (χ1) is 14.1. The van der Waals surface area contributed by atoms with Crippen LogP contribution in [0.4, 0.5) is 0 Å². The third-order valence-corrected chi connectivity index (χ3v) is 7.23. The van der Waals surface area contributed by atoms with Crippen LogP contribution < -0.4 is 5.32 Å². The number of nitrogens with zero attached hydrogens (tertiary/aromatic N) is 4. The van der Waals surface area contributed by atoms with Gasteiger partial charge in [-0.3, -0.25) is 4.79 Å². The summed E-state index contributed by atoms with van der Waals surface area (Å²) in [5.74, 6) is -0.0177. The van der Waals surface area contributed by atoms with E-state index in [1.165, 1.54) is 35.5 Å². The van der Waals surface area contributed by atoms with Crippen LogP contribution >= 0.6 is 23.1 Å². The average Bonchev–Trinajstić information content (AvgIpc) is 3.31. The molecule has 3 aromatic rings. The number of carbonyl (C=O) groups is 1. The Balaban J connectivity index is 1.59. The average molecular weight is 428 g/mol. The maximum atomic E-state index is 12.8. The molecule has 0 spiro atoms. The van der Waals surface area contributed by atoms with Crippen LogP contribution in [0.15, 0.2) is 29.2 Å². The minimum absolute atomic E-state index is 0.0177. The van der Waals surface area contributed by atoms with E-state index >= 15 is 0 Å². The van der Waals surface area contributed by atoms with Crippen molar-refractivity contribution in [2.45, 2.75) is 56.9 Å². The quantitative estimate of drug-likeness (QED) is 0.593. The van der Waals surface area contributed by atoms with Gasteiger partial charge in [-0.2, -0.15) is 0 Å². The van der Waals surface area contributed by atoms with Crippen molar-refractivity contribution in [3.05, 3.63) is 40.5 Å². The van der Waals surface area contributed by atoms with E-state index < -0.39 is 0 Å². The Bertz CT molecular complexity index is 1020. The lowest BCUT2D eigenvalue weighted by Crippen LogP contribution is -2.36. The highest BCUT2D eigenvalue weighted by atomic mass is 32.2. The van der Waals surface area contributed by atoms with Crippen molar-refractivity contribution in [2.24, 2.45) is 0 Å². The molecule has 1 aromatic carbocycles. The molecule has 0 radical (unpaired) electrons. The van der Waals surface area contributed by atoms with Gasteiger partial charge in [0.05, 0.1) is 17.1 Å². The van der Waals surface area contributed by atoms with Crippen LogP contribution in [0, 0.1) is 13.8 Å². The first kappa shape index (κ1) is 20.1. The molecule has 6 nitrogen and oxygen atoms in total. The van der Waals surface area contributed by atoms with E-state index in [9.17, 15) is 4.79 Å². The van der Waals surface area contributed by atoms with Crippen LogP contribution in [0.3, 0.4) is 0 Å². The molecule has 29 heavy (non-hydrogen) atoms. The van der Waals surface area contributed by atoms with Crippen molar-refractivity contribution in [2.75, 3.05) is 6.26 Å². The lowest BCUT2D eigenvalue weighted by Gasteiger charge is -2.22. The third-order valence-electron chi connectivity index (χ3n) is 5.34. The number of benzene rings is 1. The first-order valence-corrected chi connectivity index (χ1v) is 12.0. The van der Waals surface area contributed by atoms with Gasteiger partial charge in [0.25, 0.3) is 5.91 Å². The molecule has 0 unspecified atom stereocenters. The summed E-state index contributed by atoms with van der Waals surface area (Å²) >= 11 is 3.09. The minimum Gasteiger partial charge on any atom is -0.349 e. The number of rotatable bonds is 5. The molecule has 0 bridgehead atoms. The van der Waals surface area contributed by atoms with Crippen LogP contribution in [0.1, 0.15) is 53.2 Å². The zero-order chi connectivity index (χ0) is 20.4. The fourth-order valence-electron chi connectivity index (χ4n) is 3.72. The zero-order valence-electron chi connectivity index (χ0n) is 16.9. The molecule has 2 aromatic heterocycles. The van der Waals surface area contributed by atoms with Crippen molar-refractivity contribution >= 4 is 29.0 Å². The molecule has 1 amide bonds. The molecule has 1 N–H and O–H groups in total. The fourth-order valence-corrected chi connectivity index (χ4v) is 5.18. The van der Waals surface area contributed by atoms with Gasteiger partial charge >= 0.3 is 0 Å². The fraction of sp³-hybridized carbons (Fsp3) is 0.429. The zero-order valence-corrected chi connectivity index (χ0v) is 18.6. The van der Waals surface area contributed by atoms with Crippen molar-refractivity contribution in [1.29, 1.82) is 0 Å². The minimum atomic E-state index is -0.0177. The highest BCUT2D eigenvalue weighted by Crippen LogP contribution is 2.30. The van der Waals surface area contributed by atoms with Gasteiger partial charge in [-0.15, -0.1) is 28.2 Å². The van der Waals surface area contributed by atoms with Crippen LogP contribution in [-0.2, 0) is 0 Å². The summed E-state index contributed by atoms with van der Waals surface area (Å²) in [7, 11) is 0. The number of aromatic nitrogens is 4. The lowest BCUT2D eigenvalue weighted by molar-refractivity contribution is 0.0931. The number of carbonyl (C=O) groups excluding carboxylic acids is 1. The first-order valence-electron chi connectivity index (χ1n) is 9.92. The van der Waals surface area contributed by atoms with Crippen molar-refractivity contribution in [3.63, 3.8) is 0 Å². The van der Waals surface area contributed by atoms with Crippen molar-refractivity contribution in [1.82, 2.24) is 25.3 Å². The van der Waals surface area contributed by atoms with Gasteiger partial charge in [0.2, 0.25) is 0 Å². The van der Waals surface area contributed by atoms with Crippen LogP contribution in [0.2, 0.25) is 0 Å². The molecule has 1 aliphatic carbocycles. The van der Waals surface area contributed by atoms with Crippen molar-refractivity contribution in [3.8, 4) is 16.4 Å². The van der Waals surface area contributed by atoms with Gasteiger partial charge in [-0.05, 0) is 51.1 Å². The molecule has 2 heterocycles. The van der Waals surface area contributed by atoms with Gasteiger partial charge in [-0.1, -0.05) is 30.5 Å². The molecule has 1 fully saturated rings. The summed E-state index contributed by atoms with van der Waals surface area (Å²) in [5, 5.41) is 12.6. The van der Waals surface area contributed by atoms with Gasteiger partial charge in [0, 0.05) is 10.9 Å². The highest BCUT2D eigenvalue weighted by molar-refractivity contribution is 7.98. The molecule has 4 rings (SSSR count). The Morgan fingerprint density at radius 1 is 1.24 bits per heavy atom. The number of hydrogen-bond acceptors (Lipinski definition) is 6. The standard InChI is InChI=1S/C21H25N5OS2/c1-13-19(20(27)23-15-8-5-4-6-9-15)29-21(22-13)18-14(2)26(25-24-18)16-10-7-11-17(12-16)28-3/h7,10-12,15H,4-6,8-9H2,1-3H3,(H,23,27). The summed E-state index contributed by atoms with van der Waals surface area (Å²) in [6.45, 7) is 3.87. The maximum absolute atomic E-state index is 12.8. The number of hydrogen-bond donors (Lipinski definition) is 1. The summed E-state index contributed by atoms with van der Waals surface area (Å²) in [4.78, 5) is 19.3. The van der Waals surface area contributed by atoms with Gasteiger partial charge in [0.1, 0.15) is 15.6 Å². The highest BCUT2D eigenvalue weighted by Gasteiger charge is 2.23. The van der Waals surface area contributed by atoms with E-state index in [1.54, 1.807) is 11.8 Å². The van der Waals surface area contributed by atoms with E-state index in [1.807, 2.05) is 30.7 Å². The van der Waals surface area contributed by atoms with Crippen LogP contribution in [0.5, 0.6) is 0 Å². The number of nitrogens with one attached hydrogen (secondary N) is 1. The van der Waals surface area contributed by atoms with E-state index in [2.05, 4.69) is 39.0 Å². The predicted octanol–water partition coefficient (Wildman–Crippen LogP) is 4.79. The number of thiazole rings is 1.